The average molecular weight is 174 g/mol. The number of rotatable bonds is 5. The topological polar surface area (TPSA) is 52.6 Å². The van der Waals surface area contributed by atoms with Gasteiger partial charge in [-0.3, -0.25) is 4.79 Å². The number of aldehydes is 1. The van der Waals surface area contributed by atoms with Gasteiger partial charge in [0.05, 0.1) is 0 Å². The van der Waals surface area contributed by atoms with Crippen LogP contribution in [0.1, 0.15) is 13.8 Å². The third kappa shape index (κ3) is 3.48. The Morgan fingerprint density at radius 2 is 2.08 bits per heavy atom. The Morgan fingerprint density at radius 3 is 2.42 bits per heavy atom. The van der Waals surface area contributed by atoms with Crippen molar-refractivity contribution in [3.05, 3.63) is 0 Å². The van der Waals surface area contributed by atoms with Crippen molar-refractivity contribution in [2.24, 2.45) is 5.92 Å². The molecule has 0 bridgehead atoms. The third-order valence-electron chi connectivity index (χ3n) is 1.39. The Morgan fingerprint density at radius 1 is 1.50 bits per heavy atom. The maximum Gasteiger partial charge on any atom is 0.335 e. The fourth-order valence-electron chi connectivity index (χ4n) is 0.839. The minimum Gasteiger partial charge on any atom is -0.456 e. The van der Waals surface area contributed by atoms with Gasteiger partial charge in [0.2, 0.25) is 0 Å². The summed E-state index contributed by atoms with van der Waals surface area (Å²) in [5.74, 6) is -0.436. The summed E-state index contributed by atoms with van der Waals surface area (Å²) in [6.45, 7) is 3.48. The fourth-order valence-corrected chi connectivity index (χ4v) is 0.839. The molecule has 0 aliphatic rings. The average Bonchev–Trinajstić information content (AvgIpc) is 2.01. The summed E-state index contributed by atoms with van der Waals surface area (Å²) >= 11 is 0. The molecule has 0 aromatic rings. The third-order valence-corrected chi connectivity index (χ3v) is 1.39. The van der Waals surface area contributed by atoms with Gasteiger partial charge in [-0.1, -0.05) is 13.8 Å². The Kier molecular flexibility index (Phi) is 5.28. The molecule has 0 aromatic carbocycles. The summed E-state index contributed by atoms with van der Waals surface area (Å²) < 4.78 is 9.45. The lowest BCUT2D eigenvalue weighted by atomic mass is 10.1. The van der Waals surface area contributed by atoms with Gasteiger partial charge in [0, 0.05) is 7.11 Å². The van der Waals surface area contributed by atoms with Crippen molar-refractivity contribution in [2.45, 2.75) is 20.0 Å². The van der Waals surface area contributed by atoms with Gasteiger partial charge in [-0.05, 0) is 5.92 Å². The second-order valence-corrected chi connectivity index (χ2v) is 2.70. The van der Waals surface area contributed by atoms with Crippen LogP contribution >= 0.6 is 0 Å². The van der Waals surface area contributed by atoms with E-state index >= 15 is 0 Å². The molecule has 4 heteroatoms. The number of carbonyl (C=O) groups excluding carboxylic acids is 2. The molecule has 0 rings (SSSR count). The predicted molar refractivity (Wildman–Crippen MR) is 42.7 cm³/mol. The zero-order chi connectivity index (χ0) is 9.56. The standard InChI is InChI=1S/C8H14O4/c1-6(2)7(11-3)8(10)12-5-4-9/h4,6-7H,5H2,1-3H3. The fraction of sp³-hybridized carbons (Fsp3) is 0.750. The number of methoxy groups -OCH3 is 1. The molecule has 0 aliphatic carbocycles. The van der Waals surface area contributed by atoms with Crippen LogP contribution < -0.4 is 0 Å². The molecule has 0 aliphatic heterocycles. The summed E-state index contributed by atoms with van der Waals surface area (Å²) in [6.07, 6.45) is -0.0461. The van der Waals surface area contributed by atoms with Crippen LogP contribution in [0.2, 0.25) is 0 Å². The van der Waals surface area contributed by atoms with Gasteiger partial charge >= 0.3 is 5.97 Å². The number of hydrogen-bond acceptors (Lipinski definition) is 4. The van der Waals surface area contributed by atoms with Gasteiger partial charge < -0.3 is 9.47 Å². The van der Waals surface area contributed by atoms with Gasteiger partial charge in [-0.2, -0.15) is 0 Å². The maximum absolute atomic E-state index is 11.1. The number of carbonyl (C=O) groups is 2. The van der Waals surface area contributed by atoms with Crippen LogP contribution in [0.25, 0.3) is 0 Å². The normalized spacial score (nSPS) is 12.7. The molecule has 0 radical (unpaired) electrons. The predicted octanol–water partition coefficient (Wildman–Crippen LogP) is 0.399. The lowest BCUT2D eigenvalue weighted by Crippen LogP contribution is -2.30. The van der Waals surface area contributed by atoms with Crippen molar-refractivity contribution < 1.29 is 19.1 Å². The Balaban J connectivity index is 3.94. The molecule has 0 saturated heterocycles. The van der Waals surface area contributed by atoms with Gasteiger partial charge in [0.1, 0.15) is 6.61 Å². The molecular formula is C8H14O4. The number of hydrogen-bond donors (Lipinski definition) is 0. The van der Waals surface area contributed by atoms with Crippen molar-refractivity contribution in [1.29, 1.82) is 0 Å². The van der Waals surface area contributed by atoms with Crippen molar-refractivity contribution in [3.8, 4) is 0 Å². The highest BCUT2D eigenvalue weighted by molar-refractivity contribution is 5.76. The molecule has 0 spiro atoms. The molecule has 12 heavy (non-hydrogen) atoms. The van der Waals surface area contributed by atoms with Gasteiger partial charge in [0.25, 0.3) is 0 Å². The van der Waals surface area contributed by atoms with Gasteiger partial charge in [0.15, 0.2) is 12.4 Å². The van der Waals surface area contributed by atoms with Crippen LogP contribution in [0, 0.1) is 5.92 Å². The Hall–Kier alpha value is -0.900. The van der Waals surface area contributed by atoms with E-state index in [4.69, 9.17) is 4.74 Å². The quantitative estimate of drug-likeness (QED) is 0.447. The van der Waals surface area contributed by atoms with E-state index in [9.17, 15) is 9.59 Å². The van der Waals surface area contributed by atoms with E-state index in [0.717, 1.165) is 0 Å². The van der Waals surface area contributed by atoms with Crippen LogP contribution in [0.4, 0.5) is 0 Å². The first-order valence-electron chi connectivity index (χ1n) is 3.76. The summed E-state index contributed by atoms with van der Waals surface area (Å²) in [5, 5.41) is 0. The largest absolute Gasteiger partial charge is 0.456 e. The van der Waals surface area contributed by atoms with Crippen molar-refractivity contribution in [2.75, 3.05) is 13.7 Å². The zero-order valence-corrected chi connectivity index (χ0v) is 7.57. The van der Waals surface area contributed by atoms with E-state index in [0.29, 0.717) is 6.29 Å². The second-order valence-electron chi connectivity index (χ2n) is 2.70. The smallest absolute Gasteiger partial charge is 0.335 e. The van der Waals surface area contributed by atoms with E-state index in [1.165, 1.54) is 7.11 Å². The molecule has 0 heterocycles. The lowest BCUT2D eigenvalue weighted by Gasteiger charge is -2.16. The van der Waals surface area contributed by atoms with Gasteiger partial charge in [-0.25, -0.2) is 4.79 Å². The monoisotopic (exact) mass is 174 g/mol. The Bertz CT molecular complexity index is 153. The highest BCUT2D eigenvalue weighted by Crippen LogP contribution is 2.06. The van der Waals surface area contributed by atoms with E-state index in [1.54, 1.807) is 0 Å². The van der Waals surface area contributed by atoms with E-state index < -0.39 is 12.1 Å². The first kappa shape index (κ1) is 11.1. The molecule has 0 fully saturated rings. The molecule has 0 N–H and O–H groups in total. The highest BCUT2D eigenvalue weighted by atomic mass is 16.6. The van der Waals surface area contributed by atoms with Crippen molar-refractivity contribution in [1.82, 2.24) is 0 Å². The van der Waals surface area contributed by atoms with Crippen LogP contribution in [-0.2, 0) is 19.1 Å². The summed E-state index contributed by atoms with van der Waals surface area (Å²) in [7, 11) is 1.44. The lowest BCUT2D eigenvalue weighted by molar-refractivity contribution is -0.159. The SMILES string of the molecule is COC(C(=O)OCC=O)C(C)C. The van der Waals surface area contributed by atoms with Crippen LogP contribution in [0.3, 0.4) is 0 Å². The molecule has 0 amide bonds. The van der Waals surface area contributed by atoms with E-state index in [1.807, 2.05) is 13.8 Å². The number of ether oxygens (including phenoxy) is 2. The van der Waals surface area contributed by atoms with E-state index in [-0.39, 0.29) is 12.5 Å². The van der Waals surface area contributed by atoms with Gasteiger partial charge in [-0.15, -0.1) is 0 Å². The van der Waals surface area contributed by atoms with Crippen LogP contribution in [0.15, 0.2) is 0 Å². The summed E-state index contributed by atoms with van der Waals surface area (Å²) in [6, 6.07) is 0. The summed E-state index contributed by atoms with van der Waals surface area (Å²) in [4.78, 5) is 20.9. The summed E-state index contributed by atoms with van der Waals surface area (Å²) in [5.41, 5.74) is 0. The number of esters is 1. The first-order valence-corrected chi connectivity index (χ1v) is 3.76. The van der Waals surface area contributed by atoms with Crippen molar-refractivity contribution in [3.63, 3.8) is 0 Å². The second kappa shape index (κ2) is 5.71. The van der Waals surface area contributed by atoms with E-state index in [2.05, 4.69) is 4.74 Å². The van der Waals surface area contributed by atoms with Crippen LogP contribution in [0.5, 0.6) is 0 Å². The molecule has 0 aromatic heterocycles. The molecule has 70 valence electrons. The maximum atomic E-state index is 11.1. The molecule has 1 atom stereocenters. The molecule has 1 unspecified atom stereocenters. The molecule has 4 nitrogen and oxygen atoms in total. The van der Waals surface area contributed by atoms with Crippen molar-refractivity contribution >= 4 is 12.3 Å². The highest BCUT2D eigenvalue weighted by Gasteiger charge is 2.22. The first-order chi connectivity index (χ1) is 5.63. The Labute approximate surface area is 71.8 Å². The molecular weight excluding hydrogens is 160 g/mol. The minimum absolute atomic E-state index is 0.0501. The minimum atomic E-state index is -0.579. The van der Waals surface area contributed by atoms with Crippen LogP contribution in [-0.4, -0.2) is 32.1 Å². The molecule has 0 saturated carbocycles. The zero-order valence-electron chi connectivity index (χ0n) is 7.57.